The van der Waals surface area contributed by atoms with Gasteiger partial charge in [0.05, 0.1) is 16.7 Å². The molecule has 4 rings (SSSR count). The number of anilines is 2. The Morgan fingerprint density at radius 2 is 1.87 bits per heavy atom. The molecular weight excluding hydrogens is 514 g/mol. The summed E-state index contributed by atoms with van der Waals surface area (Å²) in [4.78, 5) is 29.2. The maximum absolute atomic E-state index is 14.9. The van der Waals surface area contributed by atoms with E-state index >= 15 is 0 Å². The van der Waals surface area contributed by atoms with Gasteiger partial charge in [-0.15, -0.1) is 11.3 Å². The lowest BCUT2D eigenvalue weighted by molar-refractivity contribution is 0.0635. The molecule has 0 spiro atoms. The number of benzene rings is 1. The maximum Gasteiger partial charge on any atom is 0.269 e. The van der Waals surface area contributed by atoms with E-state index in [4.69, 9.17) is 10.5 Å². The standard InChI is InChI=1S/C27H30F2N4O4S/c1-27(2,36)16-12-18(28)23(19(29)13-16)21-14-17(24(30)34)26(38-21)33-22-5-3-4-20(32-22)25(35)31-9-6-15-7-10-37-11-8-15/h3-5,12-15,36H,6-11H2,1-2H3,(H2,30,34)(H,31,35)(H,32,33). The van der Waals surface area contributed by atoms with Gasteiger partial charge in [-0.05, 0) is 74.9 Å². The molecule has 202 valence electrons. The Bertz CT molecular complexity index is 1310. The molecule has 1 saturated heterocycles. The molecular formula is C27H30F2N4O4S. The van der Waals surface area contributed by atoms with Crippen molar-refractivity contribution < 1.29 is 28.2 Å². The first-order chi connectivity index (χ1) is 18.0. The highest BCUT2D eigenvalue weighted by Gasteiger charge is 2.24. The van der Waals surface area contributed by atoms with E-state index in [1.807, 2.05) is 0 Å². The number of nitrogens with zero attached hydrogens (tertiary/aromatic N) is 1. The predicted octanol–water partition coefficient (Wildman–Crippen LogP) is 4.70. The number of halogens is 2. The molecule has 0 aliphatic carbocycles. The number of carbonyl (C=O) groups is 2. The highest BCUT2D eigenvalue weighted by atomic mass is 32.1. The Hall–Kier alpha value is -3.41. The van der Waals surface area contributed by atoms with E-state index in [1.54, 1.807) is 18.2 Å². The number of primary amides is 1. The molecule has 0 saturated carbocycles. The third-order valence-corrected chi connectivity index (χ3v) is 7.46. The van der Waals surface area contributed by atoms with Gasteiger partial charge in [0.15, 0.2) is 0 Å². The van der Waals surface area contributed by atoms with Crippen molar-refractivity contribution >= 4 is 34.0 Å². The number of aromatic nitrogens is 1. The lowest BCUT2D eigenvalue weighted by atomic mass is 9.96. The first kappa shape index (κ1) is 27.6. The number of thiophene rings is 1. The van der Waals surface area contributed by atoms with Crippen LogP contribution in [0.5, 0.6) is 0 Å². The predicted molar refractivity (Wildman–Crippen MR) is 141 cm³/mol. The van der Waals surface area contributed by atoms with E-state index in [0.717, 1.165) is 55.9 Å². The van der Waals surface area contributed by atoms with E-state index in [0.29, 0.717) is 12.5 Å². The van der Waals surface area contributed by atoms with Crippen molar-refractivity contribution in [2.45, 2.75) is 38.7 Å². The van der Waals surface area contributed by atoms with Gasteiger partial charge in [-0.3, -0.25) is 9.59 Å². The Kier molecular flexibility index (Phi) is 8.39. The van der Waals surface area contributed by atoms with Gasteiger partial charge in [-0.25, -0.2) is 13.8 Å². The van der Waals surface area contributed by atoms with Crippen molar-refractivity contribution in [3.8, 4) is 10.4 Å². The summed E-state index contributed by atoms with van der Waals surface area (Å²) in [6, 6.07) is 8.21. The number of hydrogen-bond donors (Lipinski definition) is 4. The molecule has 1 fully saturated rings. The average Bonchev–Trinajstić information content (AvgIpc) is 3.27. The van der Waals surface area contributed by atoms with E-state index in [2.05, 4.69) is 15.6 Å². The minimum atomic E-state index is -1.44. The van der Waals surface area contributed by atoms with Gasteiger partial charge in [0.25, 0.3) is 11.8 Å². The van der Waals surface area contributed by atoms with E-state index < -0.39 is 23.1 Å². The Morgan fingerprint density at radius 1 is 1.18 bits per heavy atom. The molecule has 2 amide bonds. The topological polar surface area (TPSA) is 127 Å². The first-order valence-corrected chi connectivity index (χ1v) is 13.1. The van der Waals surface area contributed by atoms with Crippen LogP contribution in [0.15, 0.2) is 36.4 Å². The highest BCUT2D eigenvalue weighted by Crippen LogP contribution is 2.40. The number of ether oxygens (including phenoxy) is 1. The van der Waals surface area contributed by atoms with E-state index in [9.17, 15) is 23.5 Å². The number of aliphatic hydroxyl groups is 1. The van der Waals surface area contributed by atoms with Gasteiger partial charge in [0, 0.05) is 24.6 Å². The van der Waals surface area contributed by atoms with Gasteiger partial charge in [0.2, 0.25) is 0 Å². The second-order valence-electron chi connectivity index (χ2n) is 9.73. The molecule has 38 heavy (non-hydrogen) atoms. The maximum atomic E-state index is 14.9. The molecule has 5 N–H and O–H groups in total. The minimum Gasteiger partial charge on any atom is -0.386 e. The lowest BCUT2D eigenvalue weighted by Gasteiger charge is -2.21. The second-order valence-corrected chi connectivity index (χ2v) is 10.8. The Morgan fingerprint density at radius 3 is 2.50 bits per heavy atom. The molecule has 8 nitrogen and oxygen atoms in total. The molecule has 3 heterocycles. The van der Waals surface area contributed by atoms with Crippen LogP contribution < -0.4 is 16.4 Å². The van der Waals surface area contributed by atoms with Gasteiger partial charge in [-0.2, -0.15) is 0 Å². The van der Waals surface area contributed by atoms with E-state index in [-0.39, 0.29) is 44.0 Å². The van der Waals surface area contributed by atoms with E-state index in [1.165, 1.54) is 19.9 Å². The summed E-state index contributed by atoms with van der Waals surface area (Å²) in [6.07, 6.45) is 2.82. The fourth-order valence-electron chi connectivity index (χ4n) is 4.21. The average molecular weight is 545 g/mol. The summed E-state index contributed by atoms with van der Waals surface area (Å²) in [6.45, 7) is 4.86. The number of rotatable bonds is 9. The number of carbonyl (C=O) groups excluding carboxylic acids is 2. The monoisotopic (exact) mass is 544 g/mol. The second kappa shape index (κ2) is 11.5. The molecule has 2 aromatic heterocycles. The highest BCUT2D eigenvalue weighted by molar-refractivity contribution is 7.20. The third-order valence-electron chi connectivity index (χ3n) is 6.39. The summed E-state index contributed by atoms with van der Waals surface area (Å²) in [5, 5.41) is 16.2. The van der Waals surface area contributed by atoms with Crippen molar-refractivity contribution in [3.05, 3.63) is 64.9 Å². The van der Waals surface area contributed by atoms with Crippen molar-refractivity contribution in [2.24, 2.45) is 11.7 Å². The fraction of sp³-hybridized carbons (Fsp3) is 0.370. The minimum absolute atomic E-state index is 0.0171. The van der Waals surface area contributed by atoms with Crippen LogP contribution in [-0.2, 0) is 10.3 Å². The largest absolute Gasteiger partial charge is 0.386 e. The zero-order valence-electron chi connectivity index (χ0n) is 21.1. The molecule has 0 unspecified atom stereocenters. The third kappa shape index (κ3) is 6.53. The van der Waals surface area contributed by atoms with Gasteiger partial charge < -0.3 is 26.2 Å². The van der Waals surface area contributed by atoms with Crippen LogP contribution >= 0.6 is 11.3 Å². The molecule has 0 atom stereocenters. The number of pyridine rings is 1. The van der Waals surface area contributed by atoms with Gasteiger partial charge in [-0.1, -0.05) is 6.07 Å². The van der Waals surface area contributed by atoms with Crippen molar-refractivity contribution in [1.29, 1.82) is 0 Å². The fourth-order valence-corrected chi connectivity index (χ4v) is 5.33. The lowest BCUT2D eigenvalue weighted by Crippen LogP contribution is -2.28. The van der Waals surface area contributed by atoms with Crippen LogP contribution in [0.2, 0.25) is 0 Å². The molecule has 0 radical (unpaired) electrons. The smallest absolute Gasteiger partial charge is 0.269 e. The van der Waals surface area contributed by atoms with Crippen LogP contribution in [0, 0.1) is 17.6 Å². The van der Waals surface area contributed by atoms with Crippen LogP contribution in [0.25, 0.3) is 10.4 Å². The summed E-state index contributed by atoms with van der Waals surface area (Å²) in [7, 11) is 0. The molecule has 1 aromatic carbocycles. The molecule has 1 aliphatic rings. The number of amides is 2. The van der Waals surface area contributed by atoms with Crippen molar-refractivity contribution in [2.75, 3.05) is 25.1 Å². The van der Waals surface area contributed by atoms with Gasteiger partial charge >= 0.3 is 0 Å². The molecule has 1 aliphatic heterocycles. The summed E-state index contributed by atoms with van der Waals surface area (Å²) < 4.78 is 35.2. The van der Waals surface area contributed by atoms with Crippen molar-refractivity contribution in [1.82, 2.24) is 10.3 Å². The molecule has 3 aromatic rings. The van der Waals surface area contributed by atoms with Crippen LogP contribution in [0.3, 0.4) is 0 Å². The summed E-state index contributed by atoms with van der Waals surface area (Å²) in [5.41, 5.74) is 4.02. The molecule has 0 bridgehead atoms. The molecule has 11 heteroatoms. The Balaban J connectivity index is 1.52. The zero-order valence-corrected chi connectivity index (χ0v) is 22.0. The zero-order chi connectivity index (χ0) is 27.4. The van der Waals surface area contributed by atoms with Crippen LogP contribution in [0.4, 0.5) is 19.6 Å². The normalized spacial score (nSPS) is 14.3. The SMILES string of the molecule is CC(C)(O)c1cc(F)c(-c2cc(C(N)=O)c(Nc3cccc(C(=O)NCCC4CCOCC4)n3)s2)c(F)c1. The van der Waals surface area contributed by atoms with Crippen LogP contribution in [0.1, 0.15) is 59.5 Å². The number of nitrogens with two attached hydrogens (primary N) is 1. The van der Waals surface area contributed by atoms with Crippen molar-refractivity contribution in [3.63, 3.8) is 0 Å². The first-order valence-electron chi connectivity index (χ1n) is 12.3. The van der Waals surface area contributed by atoms with Crippen LogP contribution in [-0.4, -0.2) is 41.7 Å². The quantitative estimate of drug-likeness (QED) is 0.309. The van der Waals surface area contributed by atoms with Gasteiger partial charge in [0.1, 0.15) is 28.1 Å². The number of nitrogens with one attached hydrogen (secondary N) is 2. The summed E-state index contributed by atoms with van der Waals surface area (Å²) >= 11 is 0.916. The number of hydrogen-bond acceptors (Lipinski definition) is 7. The Labute approximate surface area is 223 Å². The summed E-state index contributed by atoms with van der Waals surface area (Å²) in [5.74, 6) is -2.13.